The molecule has 8 heteroatoms. The van der Waals surface area contributed by atoms with Crippen LogP contribution in [0.1, 0.15) is 17.5 Å². The molecule has 1 aliphatic heterocycles. The molecule has 0 bridgehead atoms. The number of para-hydroxylation sites is 1. The normalized spacial score (nSPS) is 16.1. The maximum absolute atomic E-state index is 14.4. The van der Waals surface area contributed by atoms with Crippen LogP contribution in [0.5, 0.6) is 0 Å². The van der Waals surface area contributed by atoms with E-state index in [2.05, 4.69) is 11.4 Å². The predicted octanol–water partition coefficient (Wildman–Crippen LogP) is 2.51. The van der Waals surface area contributed by atoms with Crippen molar-refractivity contribution in [2.24, 2.45) is 0 Å². The first-order chi connectivity index (χ1) is 12.5. The Bertz CT molecular complexity index is 956. The van der Waals surface area contributed by atoms with Gasteiger partial charge in [-0.3, -0.25) is 0 Å². The number of hydrogen-bond donors (Lipinski definition) is 1. The van der Waals surface area contributed by atoms with E-state index in [-0.39, 0.29) is 12.2 Å². The molecule has 1 heterocycles. The number of fused-ring (bicyclic) bond motifs is 1. The molecule has 1 N–H and O–H groups in total. The summed E-state index contributed by atoms with van der Waals surface area (Å²) < 4.78 is 43.1. The molecule has 2 aromatic rings. The maximum atomic E-state index is 14.4. The summed E-state index contributed by atoms with van der Waals surface area (Å²) in [5.74, 6) is -0.622. The molecule has 0 aromatic heterocycles. The molecule has 0 saturated carbocycles. The van der Waals surface area contributed by atoms with Crippen LogP contribution in [-0.4, -0.2) is 32.9 Å². The quantitative estimate of drug-likeness (QED) is 0.816. The lowest BCUT2D eigenvalue weighted by Gasteiger charge is -2.37. The molecule has 0 spiro atoms. The van der Waals surface area contributed by atoms with Crippen molar-refractivity contribution in [3.63, 3.8) is 0 Å². The fourth-order valence-electron chi connectivity index (χ4n) is 2.99. The maximum Gasteiger partial charge on any atom is 0.308 e. The number of benzene rings is 2. The van der Waals surface area contributed by atoms with Gasteiger partial charge in [0.2, 0.25) is 0 Å². The molecule has 0 saturated heterocycles. The molecule has 0 atom stereocenters. The van der Waals surface area contributed by atoms with Gasteiger partial charge in [-0.1, -0.05) is 12.1 Å². The van der Waals surface area contributed by atoms with E-state index >= 15 is 0 Å². The summed E-state index contributed by atoms with van der Waals surface area (Å²) in [6.07, 6.45) is 0.619. The van der Waals surface area contributed by atoms with Crippen molar-refractivity contribution in [3.8, 4) is 6.07 Å². The van der Waals surface area contributed by atoms with Crippen molar-refractivity contribution in [2.45, 2.75) is 13.0 Å². The highest BCUT2D eigenvalue weighted by Crippen LogP contribution is 2.39. The highest BCUT2D eigenvalue weighted by Gasteiger charge is 2.38. The van der Waals surface area contributed by atoms with Gasteiger partial charge >= 0.3 is 10.2 Å². The van der Waals surface area contributed by atoms with Gasteiger partial charge < -0.3 is 5.32 Å². The monoisotopic (exact) mass is 374 g/mol. The smallest absolute Gasteiger partial charge is 0.308 e. The van der Waals surface area contributed by atoms with Crippen LogP contribution in [0.4, 0.5) is 15.8 Å². The summed E-state index contributed by atoms with van der Waals surface area (Å²) in [4.78, 5) is 0. The number of nitriles is 1. The Hall–Kier alpha value is -2.47. The van der Waals surface area contributed by atoms with Gasteiger partial charge in [-0.15, -0.1) is 0 Å². The van der Waals surface area contributed by atoms with Crippen LogP contribution in [0.2, 0.25) is 0 Å². The van der Waals surface area contributed by atoms with Crippen LogP contribution >= 0.6 is 0 Å². The van der Waals surface area contributed by atoms with Crippen molar-refractivity contribution >= 4 is 21.6 Å². The second-order valence-corrected chi connectivity index (χ2v) is 7.75. The minimum atomic E-state index is -3.94. The summed E-state index contributed by atoms with van der Waals surface area (Å²) in [5.41, 5.74) is 1.45. The minimum Gasteiger partial charge on any atom is -0.320 e. The molecule has 6 nitrogen and oxygen atoms in total. The topological polar surface area (TPSA) is 76.4 Å². The van der Waals surface area contributed by atoms with E-state index in [9.17, 15) is 12.8 Å². The number of anilines is 2. The van der Waals surface area contributed by atoms with E-state index < -0.39 is 16.0 Å². The first-order valence-electron chi connectivity index (χ1n) is 8.21. The van der Waals surface area contributed by atoms with Crippen molar-refractivity contribution in [2.75, 3.05) is 24.4 Å². The summed E-state index contributed by atoms with van der Waals surface area (Å²) >= 11 is 0. The lowest BCUT2D eigenvalue weighted by atomic mass is 10.1. The van der Waals surface area contributed by atoms with Gasteiger partial charge in [-0.05, 0) is 55.9 Å². The SMILES string of the molecule is CNCCCN1Cc2cc(C#N)ccc2N(c2ccccc2F)S1(=O)=O. The third kappa shape index (κ3) is 3.29. The second-order valence-electron chi connectivity index (χ2n) is 5.97. The highest BCUT2D eigenvalue weighted by molar-refractivity contribution is 7.90. The molecule has 0 unspecified atom stereocenters. The van der Waals surface area contributed by atoms with Crippen LogP contribution in [0.3, 0.4) is 0 Å². The van der Waals surface area contributed by atoms with E-state index in [4.69, 9.17) is 5.26 Å². The average Bonchev–Trinajstić information content (AvgIpc) is 2.63. The minimum absolute atomic E-state index is 0.0308. The Morgan fingerprint density at radius 1 is 1.23 bits per heavy atom. The van der Waals surface area contributed by atoms with E-state index in [1.165, 1.54) is 22.5 Å². The van der Waals surface area contributed by atoms with Gasteiger partial charge in [0, 0.05) is 13.1 Å². The molecule has 0 fully saturated rings. The Labute approximate surface area is 152 Å². The number of rotatable bonds is 5. The molecular weight excluding hydrogens is 355 g/mol. The van der Waals surface area contributed by atoms with Gasteiger partial charge in [-0.25, -0.2) is 8.70 Å². The van der Waals surface area contributed by atoms with Crippen molar-refractivity contribution in [1.29, 1.82) is 5.26 Å². The Morgan fingerprint density at radius 2 is 2.00 bits per heavy atom. The highest BCUT2D eigenvalue weighted by atomic mass is 32.2. The van der Waals surface area contributed by atoms with E-state index in [1.807, 2.05) is 0 Å². The summed E-state index contributed by atoms with van der Waals surface area (Å²) in [6, 6.07) is 12.6. The molecular formula is C18H19FN4O2S. The Kier molecular flexibility index (Phi) is 5.23. The van der Waals surface area contributed by atoms with E-state index in [0.717, 1.165) is 4.31 Å². The summed E-state index contributed by atoms with van der Waals surface area (Å²) in [5, 5.41) is 12.1. The van der Waals surface area contributed by atoms with Crippen molar-refractivity contribution in [3.05, 3.63) is 59.4 Å². The zero-order valence-corrected chi connectivity index (χ0v) is 15.1. The molecule has 1 aliphatic rings. The number of halogens is 1. The van der Waals surface area contributed by atoms with Gasteiger partial charge in [0.15, 0.2) is 0 Å². The lowest BCUT2D eigenvalue weighted by molar-refractivity contribution is 0.391. The third-order valence-corrected chi connectivity index (χ3v) is 6.06. The van der Waals surface area contributed by atoms with Gasteiger partial charge in [-0.2, -0.15) is 18.0 Å². The fraction of sp³-hybridized carbons (Fsp3) is 0.278. The summed E-state index contributed by atoms with van der Waals surface area (Å²) in [6.45, 7) is 1.11. The van der Waals surface area contributed by atoms with E-state index in [1.54, 1.807) is 31.3 Å². The average molecular weight is 374 g/mol. The predicted molar refractivity (Wildman–Crippen MR) is 97.6 cm³/mol. The largest absolute Gasteiger partial charge is 0.320 e. The standard InChI is InChI=1S/C18H19FN4O2S/c1-21-9-4-10-22-13-15-11-14(12-20)7-8-17(15)23(26(22,24)25)18-6-3-2-5-16(18)19/h2-3,5-8,11,21H,4,9-10,13H2,1H3. The van der Waals surface area contributed by atoms with Gasteiger partial charge in [0.1, 0.15) is 5.82 Å². The Morgan fingerprint density at radius 3 is 2.69 bits per heavy atom. The molecule has 3 rings (SSSR count). The van der Waals surface area contributed by atoms with Gasteiger partial charge in [0.25, 0.3) is 0 Å². The molecule has 0 aliphatic carbocycles. The van der Waals surface area contributed by atoms with Crippen molar-refractivity contribution < 1.29 is 12.8 Å². The van der Waals surface area contributed by atoms with Crippen LogP contribution in [-0.2, 0) is 16.8 Å². The third-order valence-electron chi connectivity index (χ3n) is 4.24. The second kappa shape index (κ2) is 7.41. The lowest BCUT2D eigenvalue weighted by Crippen LogP contribution is -2.46. The fourth-order valence-corrected chi connectivity index (χ4v) is 4.70. The first kappa shape index (κ1) is 18.3. The zero-order chi connectivity index (χ0) is 18.7. The number of nitrogens with zero attached hydrogens (tertiary/aromatic N) is 3. The Balaban J connectivity index is 2.14. The van der Waals surface area contributed by atoms with Crippen LogP contribution in [0.15, 0.2) is 42.5 Å². The molecule has 2 aromatic carbocycles. The number of nitrogens with one attached hydrogen (secondary N) is 1. The first-order valence-corrected chi connectivity index (χ1v) is 9.61. The van der Waals surface area contributed by atoms with Crippen LogP contribution < -0.4 is 9.62 Å². The van der Waals surface area contributed by atoms with E-state index in [0.29, 0.717) is 36.3 Å². The van der Waals surface area contributed by atoms with Crippen molar-refractivity contribution in [1.82, 2.24) is 9.62 Å². The zero-order valence-electron chi connectivity index (χ0n) is 14.3. The summed E-state index contributed by atoms with van der Waals surface area (Å²) in [7, 11) is -2.14. The number of hydrogen-bond acceptors (Lipinski definition) is 4. The molecule has 0 amide bonds. The molecule has 136 valence electrons. The van der Waals surface area contributed by atoms with Crippen LogP contribution in [0.25, 0.3) is 0 Å². The van der Waals surface area contributed by atoms with Gasteiger partial charge in [0.05, 0.1) is 23.0 Å². The van der Waals surface area contributed by atoms with Crippen LogP contribution in [0, 0.1) is 17.1 Å². The molecule has 26 heavy (non-hydrogen) atoms. The molecule has 0 radical (unpaired) electrons.